The Balaban J connectivity index is 1.91. The van der Waals surface area contributed by atoms with E-state index < -0.39 is 0 Å². The van der Waals surface area contributed by atoms with Crippen LogP contribution in [-0.4, -0.2) is 4.98 Å². The molecule has 0 amide bonds. The lowest BCUT2D eigenvalue weighted by molar-refractivity contribution is 0.917. The highest BCUT2D eigenvalue weighted by Gasteiger charge is 2.11. The van der Waals surface area contributed by atoms with Crippen molar-refractivity contribution in [3.05, 3.63) is 65.3 Å². The van der Waals surface area contributed by atoms with Crippen LogP contribution in [0.4, 0.5) is 0 Å². The predicted molar refractivity (Wildman–Crippen MR) is 81.4 cm³/mol. The number of thiophene rings is 1. The van der Waals surface area contributed by atoms with E-state index in [-0.39, 0.29) is 0 Å². The van der Waals surface area contributed by atoms with Gasteiger partial charge in [0.1, 0.15) is 0 Å². The third-order valence-corrected chi connectivity index (χ3v) is 4.73. The molecule has 0 aliphatic rings. The van der Waals surface area contributed by atoms with Gasteiger partial charge in [-0.2, -0.15) is 0 Å². The number of fused-ring (bicyclic) bond motifs is 1. The van der Waals surface area contributed by atoms with Gasteiger partial charge in [-0.25, -0.2) is 0 Å². The zero-order valence-corrected chi connectivity index (χ0v) is 12.1. The molecule has 3 rings (SSSR count). The van der Waals surface area contributed by atoms with Crippen molar-refractivity contribution in [2.45, 2.75) is 11.2 Å². The van der Waals surface area contributed by atoms with E-state index in [1.807, 2.05) is 12.3 Å². The van der Waals surface area contributed by atoms with Crippen LogP contribution < -0.4 is 0 Å². The molecule has 0 aliphatic heterocycles. The van der Waals surface area contributed by atoms with Crippen molar-refractivity contribution in [1.29, 1.82) is 0 Å². The van der Waals surface area contributed by atoms with Crippen LogP contribution in [-0.2, 0) is 6.42 Å². The van der Waals surface area contributed by atoms with Crippen LogP contribution in [0.1, 0.15) is 16.1 Å². The summed E-state index contributed by atoms with van der Waals surface area (Å²) < 4.78 is 1.31. The molecule has 0 radical (unpaired) electrons. The third kappa shape index (κ3) is 2.33. The lowest BCUT2D eigenvalue weighted by atomic mass is 10.1. The van der Waals surface area contributed by atoms with Gasteiger partial charge < -0.3 is 0 Å². The molecule has 0 fully saturated rings. The molecular formula is C15H12BrNS. The van der Waals surface area contributed by atoms with Crippen LogP contribution in [0.25, 0.3) is 10.1 Å². The molecule has 0 saturated heterocycles. The topological polar surface area (TPSA) is 12.9 Å². The summed E-state index contributed by atoms with van der Waals surface area (Å²) in [5.74, 6) is 0. The molecule has 18 heavy (non-hydrogen) atoms. The Hall–Kier alpha value is -1.19. The Kier molecular flexibility index (Phi) is 3.43. The Bertz CT molecular complexity index is 648. The van der Waals surface area contributed by atoms with Gasteiger partial charge in [-0.05, 0) is 23.1 Å². The highest BCUT2D eigenvalue weighted by Crippen LogP contribution is 2.30. The molecule has 3 heteroatoms. The van der Waals surface area contributed by atoms with Gasteiger partial charge in [0.15, 0.2) is 0 Å². The van der Waals surface area contributed by atoms with Crippen molar-refractivity contribution in [3.8, 4) is 0 Å². The lowest BCUT2D eigenvalue weighted by Crippen LogP contribution is -1.97. The second-order valence-electron chi connectivity index (χ2n) is 4.17. The van der Waals surface area contributed by atoms with Gasteiger partial charge in [-0.3, -0.25) is 4.98 Å². The number of hydrogen-bond donors (Lipinski definition) is 0. The molecule has 0 bridgehead atoms. The fourth-order valence-corrected chi connectivity index (χ4v) is 3.48. The minimum Gasteiger partial charge on any atom is -0.261 e. The maximum atomic E-state index is 4.52. The standard InChI is InChI=1S/C15H12BrNS/c16-13(11-4-2-1-3-5-11)10-14-12-7-9-18-15(12)6-8-17-14/h1-9,13H,10H2. The van der Waals surface area contributed by atoms with Crippen molar-refractivity contribution >= 4 is 37.4 Å². The molecule has 3 aromatic rings. The Morgan fingerprint density at radius 1 is 1.11 bits per heavy atom. The molecule has 2 aromatic heterocycles. The molecular weight excluding hydrogens is 306 g/mol. The molecule has 2 heterocycles. The van der Waals surface area contributed by atoms with E-state index in [1.54, 1.807) is 11.3 Å². The Morgan fingerprint density at radius 2 is 1.94 bits per heavy atom. The van der Waals surface area contributed by atoms with Crippen LogP contribution in [0.15, 0.2) is 54.0 Å². The van der Waals surface area contributed by atoms with E-state index in [0.29, 0.717) is 4.83 Å². The summed E-state index contributed by atoms with van der Waals surface area (Å²) in [6.45, 7) is 0. The summed E-state index contributed by atoms with van der Waals surface area (Å²) >= 11 is 5.53. The number of halogens is 1. The number of pyridine rings is 1. The maximum Gasteiger partial charge on any atom is 0.0504 e. The second kappa shape index (κ2) is 5.21. The van der Waals surface area contributed by atoms with Gasteiger partial charge >= 0.3 is 0 Å². The largest absolute Gasteiger partial charge is 0.261 e. The number of hydrogen-bond acceptors (Lipinski definition) is 2. The average molecular weight is 318 g/mol. The minimum absolute atomic E-state index is 0.316. The number of benzene rings is 1. The van der Waals surface area contributed by atoms with Gasteiger partial charge in [0, 0.05) is 27.5 Å². The molecule has 0 N–H and O–H groups in total. The lowest BCUT2D eigenvalue weighted by Gasteiger charge is -2.10. The van der Waals surface area contributed by atoms with Crippen LogP contribution in [0.5, 0.6) is 0 Å². The molecule has 0 aliphatic carbocycles. The van der Waals surface area contributed by atoms with Crippen molar-refractivity contribution in [3.63, 3.8) is 0 Å². The van der Waals surface area contributed by atoms with E-state index in [9.17, 15) is 0 Å². The molecule has 0 saturated carbocycles. The third-order valence-electron chi connectivity index (χ3n) is 3.00. The zero-order valence-electron chi connectivity index (χ0n) is 9.71. The number of aromatic nitrogens is 1. The van der Waals surface area contributed by atoms with Gasteiger partial charge in [-0.1, -0.05) is 46.3 Å². The van der Waals surface area contributed by atoms with E-state index in [2.05, 4.69) is 62.7 Å². The monoisotopic (exact) mass is 317 g/mol. The van der Waals surface area contributed by atoms with Crippen LogP contribution >= 0.6 is 27.3 Å². The van der Waals surface area contributed by atoms with Crippen molar-refractivity contribution < 1.29 is 0 Å². The molecule has 90 valence electrons. The number of nitrogens with zero attached hydrogens (tertiary/aromatic N) is 1. The van der Waals surface area contributed by atoms with Crippen molar-refractivity contribution in [2.75, 3.05) is 0 Å². The highest BCUT2D eigenvalue weighted by molar-refractivity contribution is 9.09. The van der Waals surface area contributed by atoms with Crippen LogP contribution in [0.2, 0.25) is 0 Å². The number of rotatable bonds is 3. The SMILES string of the molecule is BrC(Cc1nccc2sccc12)c1ccccc1. The predicted octanol–water partition coefficient (Wildman–Crippen LogP) is 4.98. The van der Waals surface area contributed by atoms with Gasteiger partial charge in [0.05, 0.1) is 5.69 Å². The minimum atomic E-state index is 0.316. The molecule has 1 unspecified atom stereocenters. The smallest absolute Gasteiger partial charge is 0.0504 e. The summed E-state index contributed by atoms with van der Waals surface area (Å²) in [6.07, 6.45) is 2.82. The average Bonchev–Trinajstić information content (AvgIpc) is 2.89. The van der Waals surface area contributed by atoms with Crippen LogP contribution in [0, 0.1) is 0 Å². The first-order chi connectivity index (χ1) is 8.84. The van der Waals surface area contributed by atoms with Crippen molar-refractivity contribution in [1.82, 2.24) is 4.98 Å². The molecule has 1 atom stereocenters. The van der Waals surface area contributed by atoms with Crippen LogP contribution in [0.3, 0.4) is 0 Å². The summed E-state index contributed by atoms with van der Waals surface area (Å²) in [5, 5.41) is 3.41. The van der Waals surface area contributed by atoms with Gasteiger partial charge in [0.25, 0.3) is 0 Å². The summed E-state index contributed by atoms with van der Waals surface area (Å²) in [4.78, 5) is 4.84. The Morgan fingerprint density at radius 3 is 2.78 bits per heavy atom. The van der Waals surface area contributed by atoms with Gasteiger partial charge in [0.2, 0.25) is 0 Å². The maximum absolute atomic E-state index is 4.52. The van der Waals surface area contributed by atoms with E-state index in [4.69, 9.17) is 0 Å². The molecule has 1 aromatic carbocycles. The molecule has 0 spiro atoms. The normalized spacial score (nSPS) is 12.7. The fraction of sp³-hybridized carbons (Fsp3) is 0.133. The van der Waals surface area contributed by atoms with E-state index in [0.717, 1.165) is 6.42 Å². The summed E-state index contributed by atoms with van der Waals surface area (Å²) in [5.41, 5.74) is 2.46. The second-order valence-corrected chi connectivity index (χ2v) is 6.23. The van der Waals surface area contributed by atoms with E-state index >= 15 is 0 Å². The first-order valence-electron chi connectivity index (χ1n) is 5.85. The summed E-state index contributed by atoms with van der Waals surface area (Å²) in [7, 11) is 0. The number of alkyl halides is 1. The highest BCUT2D eigenvalue weighted by atomic mass is 79.9. The molecule has 1 nitrogen and oxygen atoms in total. The van der Waals surface area contributed by atoms with E-state index in [1.165, 1.54) is 21.3 Å². The first-order valence-corrected chi connectivity index (χ1v) is 7.64. The van der Waals surface area contributed by atoms with Gasteiger partial charge in [-0.15, -0.1) is 11.3 Å². The van der Waals surface area contributed by atoms with Crippen molar-refractivity contribution in [2.24, 2.45) is 0 Å². The zero-order chi connectivity index (χ0) is 12.4. The fourth-order valence-electron chi connectivity index (χ4n) is 2.07. The Labute approximate surface area is 119 Å². The first kappa shape index (κ1) is 11.9. The summed E-state index contributed by atoms with van der Waals surface area (Å²) in [6, 6.07) is 14.7. The quantitative estimate of drug-likeness (QED) is 0.621.